The molecule has 7 rings (SSSR count). The fourth-order valence-corrected chi connectivity index (χ4v) is 6.34. The van der Waals surface area contributed by atoms with E-state index in [9.17, 15) is 24.9 Å². The van der Waals surface area contributed by atoms with E-state index in [4.69, 9.17) is 36.5 Å². The van der Waals surface area contributed by atoms with Crippen molar-refractivity contribution in [2.75, 3.05) is 18.1 Å². The van der Waals surface area contributed by atoms with Crippen LogP contribution in [0.1, 0.15) is 121 Å². The summed E-state index contributed by atoms with van der Waals surface area (Å²) in [5, 5.41) is 41.9. The maximum Gasteiger partial charge on any atom is 0.153 e. The Kier molecular flexibility index (Phi) is 32.9. The third-order valence-electron chi connectivity index (χ3n) is 10.5. The molecule has 0 saturated carbocycles. The zero-order chi connectivity index (χ0) is 52.4. The standard InChI is InChI=1S/C36H36N4O2.C12H14O3.C6H8N2.C2H6O.2CH4.Cl2.2Co.H2O/c1-35(2,3)27-15-23-19-37-29-11-7-9-13-31(29)39-21-25-17-28(36(4,5)6)18-26(34(25)42)22-40-32-14-10-8-12-30(32)38-20-24(16-27)33(23)41;1-12(2,3)10-4-8(6-13)11(15)9(5-10)7-14;7-5-3-1-2-4-6(5)8;1-2-3;;;1-2;;;/h7-22,41-42H,1-6H3;4-7,15H,1-3H3;1-4H,7-8H2;3H,2H2,1H3;2*1H4;;;;1H2. The van der Waals surface area contributed by atoms with Crippen molar-refractivity contribution in [3.8, 4) is 17.2 Å². The smallest absolute Gasteiger partial charge is 0.153 e. The van der Waals surface area contributed by atoms with Gasteiger partial charge < -0.3 is 37.4 Å². The summed E-state index contributed by atoms with van der Waals surface area (Å²) in [6.45, 7) is 20.6. The predicted molar refractivity (Wildman–Crippen MR) is 307 cm³/mol. The van der Waals surface area contributed by atoms with Crippen LogP contribution in [-0.2, 0) is 49.8 Å². The van der Waals surface area contributed by atoms with Crippen LogP contribution in [0, 0.1) is 0 Å². The first-order valence-corrected chi connectivity index (χ1v) is 23.4. The number of nitrogens with two attached hydrogens (primary N) is 2. The number of para-hydroxylation sites is 6. The van der Waals surface area contributed by atoms with Gasteiger partial charge in [0.05, 0.1) is 44.6 Å². The van der Waals surface area contributed by atoms with E-state index in [-0.39, 0.29) is 105 Å². The molecule has 17 heteroatoms. The molecule has 0 saturated heterocycles. The van der Waals surface area contributed by atoms with Crippen molar-refractivity contribution in [2.24, 2.45) is 0 Å². The fraction of sp³-hybridized carbons (Fsp3) is 0.276. The van der Waals surface area contributed by atoms with Gasteiger partial charge in [0.2, 0.25) is 0 Å². The summed E-state index contributed by atoms with van der Waals surface area (Å²) in [4.78, 5) is 40.3. The summed E-state index contributed by atoms with van der Waals surface area (Å²) < 4.78 is 0. The Morgan fingerprint density at radius 1 is 0.467 bits per heavy atom. The van der Waals surface area contributed by atoms with E-state index in [1.54, 1.807) is 56.0 Å². The molecule has 0 aliphatic carbocycles. The van der Waals surface area contributed by atoms with Gasteiger partial charge in [0.15, 0.2) is 12.6 Å². The van der Waals surface area contributed by atoms with Crippen molar-refractivity contribution >= 4 is 89.3 Å². The normalized spacial score (nSPS) is 10.1. The molecule has 7 aromatic rings. The quantitative estimate of drug-likeness (QED) is 0.0699. The first kappa shape index (κ1) is 73.1. The predicted octanol–water partition coefficient (Wildman–Crippen LogP) is 13.7. The molecule has 75 heavy (non-hydrogen) atoms. The molecule has 410 valence electrons. The summed E-state index contributed by atoms with van der Waals surface area (Å²) >= 11 is 0. The van der Waals surface area contributed by atoms with E-state index >= 15 is 0 Å². The number of anilines is 2. The van der Waals surface area contributed by atoms with Crippen molar-refractivity contribution < 1.29 is 69.0 Å². The molecule has 0 aliphatic heterocycles. The minimum atomic E-state index is -0.243. The molecule has 0 amide bonds. The SMILES string of the molecule is C.C.CC(C)(C)c1cc(C=O)c(O)c(C=O)c1.CC(C)(C)c1cc2cnc3ccccc3ncc3cc(C(C)(C)C)cc(cnc4ccccc4ncc(c1)c2O)c3O.CCO.ClCl.Nc1ccccc1N.O.[Co].[Co]. The summed E-state index contributed by atoms with van der Waals surface area (Å²) in [5.74, 6) is -0.0608. The van der Waals surface area contributed by atoms with E-state index in [0.717, 1.165) is 16.7 Å². The van der Waals surface area contributed by atoms with Gasteiger partial charge >= 0.3 is 0 Å². The largest absolute Gasteiger partial charge is 0.507 e. The van der Waals surface area contributed by atoms with E-state index in [0.29, 0.717) is 67.6 Å². The number of nitrogen functional groups attached to an aromatic ring is 2. The van der Waals surface area contributed by atoms with E-state index in [2.05, 4.69) is 63.3 Å². The number of phenolic OH excluding ortho intramolecular Hbond substituents is 3. The van der Waals surface area contributed by atoms with Crippen molar-refractivity contribution in [3.05, 3.63) is 162 Å². The second-order valence-electron chi connectivity index (χ2n) is 19.0. The number of rotatable bonds is 2. The Bertz CT molecular complexity index is 2790. The molecule has 1 aromatic heterocycles. The number of benzene rings is 6. The van der Waals surface area contributed by atoms with Crippen molar-refractivity contribution in [1.29, 1.82) is 0 Å². The number of aliphatic hydroxyl groups excluding tert-OH is 1. The number of hydrogen-bond donors (Lipinski definition) is 6. The van der Waals surface area contributed by atoms with E-state index in [1.807, 2.05) is 106 Å². The topological polar surface area (TPSA) is 250 Å². The molecule has 0 aliphatic rings. The van der Waals surface area contributed by atoms with Gasteiger partial charge in [0, 0.05) is 108 Å². The molecule has 0 fully saturated rings. The summed E-state index contributed by atoms with van der Waals surface area (Å²) in [6.07, 6.45) is 7.75. The second-order valence-corrected chi connectivity index (χ2v) is 19.0. The van der Waals surface area contributed by atoms with Gasteiger partial charge in [-0.3, -0.25) is 29.5 Å². The van der Waals surface area contributed by atoms with Crippen molar-refractivity contribution in [2.45, 2.75) is 100 Å². The summed E-state index contributed by atoms with van der Waals surface area (Å²) in [7, 11) is 8.22. The fourth-order valence-electron chi connectivity index (χ4n) is 6.34. The molecule has 6 aromatic carbocycles. The molecular weight excluding hydrogens is 1080 g/mol. The molecule has 10 N–H and O–H groups in total. The maximum atomic E-state index is 11.3. The molecular formula is C58H74Cl2Co2N6O7. The third kappa shape index (κ3) is 21.5. The number of fused-ring (bicyclic) bond motifs is 6. The van der Waals surface area contributed by atoms with Crippen LogP contribution in [0.3, 0.4) is 0 Å². The Balaban J connectivity index is -0.00000130. The third-order valence-corrected chi connectivity index (χ3v) is 10.5. The van der Waals surface area contributed by atoms with Gasteiger partial charge in [-0.1, -0.05) is 114 Å². The molecule has 0 atom stereocenters. The van der Waals surface area contributed by atoms with Crippen molar-refractivity contribution in [3.63, 3.8) is 0 Å². The minimum Gasteiger partial charge on any atom is -0.507 e. The van der Waals surface area contributed by atoms with Crippen LogP contribution in [0.15, 0.2) is 134 Å². The Morgan fingerprint density at radius 2 is 0.680 bits per heavy atom. The minimum absolute atomic E-state index is 0. The average Bonchev–Trinajstić information content (AvgIpc) is 3.31. The number of aliphatic hydroxyl groups is 1. The van der Waals surface area contributed by atoms with Crippen LogP contribution in [0.25, 0.3) is 43.6 Å². The average molecular weight is 1160 g/mol. The van der Waals surface area contributed by atoms with Crippen molar-refractivity contribution in [1.82, 2.24) is 19.9 Å². The molecule has 2 radical (unpaired) electrons. The number of nitrogens with zero attached hydrogens (tertiary/aromatic N) is 4. The number of hydrogen-bond acceptors (Lipinski definition) is 12. The van der Waals surface area contributed by atoms with Crippen LogP contribution in [-0.4, -0.2) is 65.0 Å². The van der Waals surface area contributed by atoms with Crippen LogP contribution < -0.4 is 11.5 Å². The second kappa shape index (κ2) is 33.7. The van der Waals surface area contributed by atoms with Gasteiger partial charge in [-0.05, 0) is 113 Å². The zero-order valence-electron chi connectivity index (χ0n) is 42.5. The van der Waals surface area contributed by atoms with Gasteiger partial charge in [0.1, 0.15) is 17.2 Å². The van der Waals surface area contributed by atoms with Crippen LogP contribution in [0.5, 0.6) is 17.2 Å². The van der Waals surface area contributed by atoms with E-state index < -0.39 is 0 Å². The van der Waals surface area contributed by atoms with Gasteiger partial charge in [-0.15, -0.1) is 0 Å². The first-order chi connectivity index (χ1) is 33.0. The Hall–Kier alpha value is -6.15. The molecule has 1 heterocycles. The number of carbonyl (C=O) groups excluding carboxylic acids is 2. The molecule has 13 nitrogen and oxygen atoms in total. The zero-order valence-corrected chi connectivity index (χ0v) is 46.1. The van der Waals surface area contributed by atoms with Gasteiger partial charge in [0.25, 0.3) is 0 Å². The van der Waals surface area contributed by atoms with Crippen LogP contribution in [0.4, 0.5) is 11.4 Å². The number of carbonyl (C=O) groups is 2. The number of aldehydes is 2. The van der Waals surface area contributed by atoms with Crippen LogP contribution in [0.2, 0.25) is 0 Å². The molecule has 4 bridgehead atoms. The Morgan fingerprint density at radius 3 is 0.880 bits per heavy atom. The number of aromatic hydroxyl groups is 3. The summed E-state index contributed by atoms with van der Waals surface area (Å²) in [5.41, 5.74) is 17.4. The maximum absolute atomic E-state index is 11.3. The monoisotopic (exact) mass is 1150 g/mol. The van der Waals surface area contributed by atoms with Gasteiger partial charge in [-0.2, -0.15) is 0 Å². The number of phenols is 3. The number of aromatic nitrogens is 4. The number of halogens is 2. The molecule has 0 unspecified atom stereocenters. The van der Waals surface area contributed by atoms with E-state index in [1.165, 1.54) is 0 Å². The Labute approximate surface area is 472 Å². The molecule has 0 spiro atoms. The van der Waals surface area contributed by atoms with Gasteiger partial charge in [-0.25, -0.2) is 0 Å². The van der Waals surface area contributed by atoms with Crippen LogP contribution >= 0.6 is 21.7 Å². The summed E-state index contributed by atoms with van der Waals surface area (Å²) in [6, 6.07) is 33.3. The first-order valence-electron chi connectivity index (χ1n) is 22.2.